The van der Waals surface area contributed by atoms with Crippen LogP contribution in [0.4, 0.5) is 13.2 Å². The molecule has 43 heavy (non-hydrogen) atoms. The van der Waals surface area contributed by atoms with Gasteiger partial charge in [-0.05, 0) is 49.6 Å². The van der Waals surface area contributed by atoms with Crippen molar-refractivity contribution in [1.82, 2.24) is 9.97 Å². The zero-order chi connectivity index (χ0) is 30.5. The molecule has 0 spiro atoms. The standard InChI is InChI=1S/C31H25F3N2O6S/c1-31(11-14-40-27-17(6-4-13-37)5-3-7-21(27)31)23-16-41-30(36-23)20-15-18(8-9-22(20)32)42-28-25(34)24(33)26-19(10-12-35-26)29(28)43(2,38)39/h3,5,7-10,12-13,15-16,35H,4,6,11,14H2,1-2H3. The van der Waals surface area contributed by atoms with Gasteiger partial charge in [-0.3, -0.25) is 0 Å². The first-order chi connectivity index (χ1) is 20.5. The molecule has 0 amide bonds. The number of halogens is 3. The Kier molecular flexibility index (Phi) is 7.04. The Morgan fingerprint density at radius 1 is 1.14 bits per heavy atom. The highest BCUT2D eigenvalue weighted by Crippen LogP contribution is 2.46. The monoisotopic (exact) mass is 610 g/mol. The van der Waals surface area contributed by atoms with Gasteiger partial charge in [0.1, 0.15) is 34.8 Å². The summed E-state index contributed by atoms with van der Waals surface area (Å²) in [5.41, 5.74) is 1.14. The Hall–Kier alpha value is -4.58. The summed E-state index contributed by atoms with van der Waals surface area (Å²) < 4.78 is 87.5. The number of aryl methyl sites for hydroxylation is 1. The maximum Gasteiger partial charge on any atom is 0.229 e. The number of nitrogens with zero attached hydrogens (tertiary/aromatic N) is 1. The maximum absolute atomic E-state index is 15.1. The number of para-hydroxylation sites is 1. The lowest BCUT2D eigenvalue weighted by Crippen LogP contribution is -2.32. The first-order valence-electron chi connectivity index (χ1n) is 13.3. The van der Waals surface area contributed by atoms with Gasteiger partial charge in [0.2, 0.25) is 11.7 Å². The number of carbonyl (C=O) groups is 1. The fourth-order valence-corrected chi connectivity index (χ4v) is 6.53. The fourth-order valence-electron chi connectivity index (χ4n) is 5.49. The molecule has 8 nitrogen and oxygen atoms in total. The van der Waals surface area contributed by atoms with Crippen LogP contribution in [-0.2, 0) is 26.5 Å². The van der Waals surface area contributed by atoms with Gasteiger partial charge in [-0.2, -0.15) is 4.39 Å². The molecule has 12 heteroatoms. The normalized spacial score (nSPS) is 16.6. The molecule has 3 aromatic carbocycles. The molecule has 0 fully saturated rings. The van der Waals surface area contributed by atoms with Crippen LogP contribution in [0.2, 0.25) is 0 Å². The quantitative estimate of drug-likeness (QED) is 0.155. The van der Waals surface area contributed by atoms with Gasteiger partial charge in [-0.15, -0.1) is 0 Å². The summed E-state index contributed by atoms with van der Waals surface area (Å²) in [5.74, 6) is -4.00. The number of hydrogen-bond donors (Lipinski definition) is 1. The van der Waals surface area contributed by atoms with Crippen molar-refractivity contribution in [3.8, 4) is 28.7 Å². The highest BCUT2D eigenvalue weighted by molar-refractivity contribution is 7.91. The third kappa shape index (κ3) is 4.85. The van der Waals surface area contributed by atoms with Crippen molar-refractivity contribution in [2.24, 2.45) is 0 Å². The molecule has 6 rings (SSSR count). The number of fused-ring (bicyclic) bond motifs is 2. The van der Waals surface area contributed by atoms with Crippen LogP contribution in [0, 0.1) is 17.5 Å². The minimum Gasteiger partial charge on any atom is -0.493 e. The van der Waals surface area contributed by atoms with E-state index in [9.17, 15) is 17.6 Å². The summed E-state index contributed by atoms with van der Waals surface area (Å²) in [6.45, 7) is 2.36. The maximum atomic E-state index is 15.1. The van der Waals surface area contributed by atoms with Crippen molar-refractivity contribution in [3.05, 3.63) is 89.2 Å². The number of nitrogens with one attached hydrogen (secondary N) is 1. The number of oxazole rings is 1. The molecular weight excluding hydrogens is 585 g/mol. The molecule has 0 aliphatic carbocycles. The first-order valence-corrected chi connectivity index (χ1v) is 15.2. The van der Waals surface area contributed by atoms with Crippen LogP contribution >= 0.6 is 0 Å². The van der Waals surface area contributed by atoms with Crippen molar-refractivity contribution in [1.29, 1.82) is 0 Å². The number of benzene rings is 3. The van der Waals surface area contributed by atoms with E-state index in [2.05, 4.69) is 9.97 Å². The highest BCUT2D eigenvalue weighted by Gasteiger charge is 2.39. The van der Waals surface area contributed by atoms with Crippen molar-refractivity contribution < 1.29 is 40.3 Å². The number of aldehydes is 1. The van der Waals surface area contributed by atoms with E-state index in [-0.39, 0.29) is 28.1 Å². The topological polar surface area (TPSA) is 111 Å². The molecule has 1 aliphatic heterocycles. The Balaban J connectivity index is 1.39. The smallest absolute Gasteiger partial charge is 0.229 e. The minimum atomic E-state index is -4.09. The lowest BCUT2D eigenvalue weighted by Gasteiger charge is -2.35. The number of rotatable bonds is 8. The van der Waals surface area contributed by atoms with Gasteiger partial charge >= 0.3 is 0 Å². The van der Waals surface area contributed by atoms with Crippen LogP contribution in [0.1, 0.15) is 36.6 Å². The predicted octanol–water partition coefficient (Wildman–Crippen LogP) is 6.66. The lowest BCUT2D eigenvalue weighted by atomic mass is 9.74. The molecule has 222 valence electrons. The zero-order valence-electron chi connectivity index (χ0n) is 23.0. The van der Waals surface area contributed by atoms with E-state index in [0.29, 0.717) is 37.3 Å². The van der Waals surface area contributed by atoms with Gasteiger partial charge in [-0.1, -0.05) is 18.2 Å². The van der Waals surface area contributed by atoms with E-state index in [1.807, 2.05) is 25.1 Å². The van der Waals surface area contributed by atoms with Crippen molar-refractivity contribution in [2.45, 2.75) is 36.5 Å². The van der Waals surface area contributed by atoms with E-state index >= 15 is 8.78 Å². The average Bonchev–Trinajstić information content (AvgIpc) is 3.66. The van der Waals surface area contributed by atoms with Gasteiger partial charge in [0.25, 0.3) is 0 Å². The number of H-pyrrole nitrogens is 1. The minimum absolute atomic E-state index is 0.0876. The Morgan fingerprint density at radius 2 is 1.95 bits per heavy atom. The summed E-state index contributed by atoms with van der Waals surface area (Å²) >= 11 is 0. The molecule has 3 heterocycles. The number of aromatic amines is 1. The van der Waals surface area contributed by atoms with Crippen LogP contribution in [0.5, 0.6) is 17.2 Å². The molecule has 1 unspecified atom stereocenters. The Labute approximate surface area is 244 Å². The third-order valence-corrected chi connectivity index (χ3v) is 8.86. The molecule has 0 radical (unpaired) electrons. The molecule has 0 saturated carbocycles. The first kappa shape index (κ1) is 28.5. The summed E-state index contributed by atoms with van der Waals surface area (Å²) in [6, 6.07) is 10.4. The molecule has 1 aliphatic rings. The molecule has 1 atom stereocenters. The second-order valence-corrected chi connectivity index (χ2v) is 12.5. The molecule has 1 N–H and O–H groups in total. The van der Waals surface area contributed by atoms with E-state index in [1.165, 1.54) is 24.6 Å². The third-order valence-electron chi connectivity index (χ3n) is 7.71. The largest absolute Gasteiger partial charge is 0.493 e. The number of ether oxygens (including phenoxy) is 2. The van der Waals surface area contributed by atoms with Gasteiger partial charge in [0, 0.05) is 35.2 Å². The lowest BCUT2D eigenvalue weighted by molar-refractivity contribution is -0.107. The molecule has 0 saturated heterocycles. The average molecular weight is 611 g/mol. The van der Waals surface area contributed by atoms with Gasteiger partial charge in [0.15, 0.2) is 21.4 Å². The second-order valence-electron chi connectivity index (χ2n) is 10.5. The molecule has 5 aromatic rings. The number of sulfone groups is 1. The van der Waals surface area contributed by atoms with Crippen molar-refractivity contribution >= 4 is 27.0 Å². The number of hydrogen-bond acceptors (Lipinski definition) is 7. The van der Waals surface area contributed by atoms with Crippen molar-refractivity contribution in [3.63, 3.8) is 0 Å². The van der Waals surface area contributed by atoms with Crippen LogP contribution in [0.3, 0.4) is 0 Å². The van der Waals surface area contributed by atoms with Crippen LogP contribution in [-0.4, -0.2) is 37.5 Å². The van der Waals surface area contributed by atoms with Crippen LogP contribution < -0.4 is 9.47 Å². The van der Waals surface area contributed by atoms with E-state index in [4.69, 9.17) is 13.9 Å². The SMILES string of the molecule is CC1(c2coc(-c3cc(Oc4c(F)c(F)c5[nH]ccc5c4S(C)(=O)=O)ccc3F)n2)CCOc2c(CCC=O)cccc21. The Morgan fingerprint density at radius 3 is 2.72 bits per heavy atom. The summed E-state index contributed by atoms with van der Waals surface area (Å²) in [4.78, 5) is 17.5. The van der Waals surface area contributed by atoms with Crippen LogP contribution in [0.15, 0.2) is 64.2 Å². The number of carbonyl (C=O) groups excluding carboxylic acids is 1. The summed E-state index contributed by atoms with van der Waals surface area (Å²) in [7, 11) is -4.09. The van der Waals surface area contributed by atoms with Gasteiger partial charge in [0.05, 0.1) is 23.4 Å². The number of aromatic nitrogens is 2. The fraction of sp³-hybridized carbons (Fsp3) is 0.226. The predicted molar refractivity (Wildman–Crippen MR) is 151 cm³/mol. The highest BCUT2D eigenvalue weighted by atomic mass is 32.2. The van der Waals surface area contributed by atoms with E-state index in [1.54, 1.807) is 0 Å². The Bertz CT molecular complexity index is 2000. The zero-order valence-corrected chi connectivity index (χ0v) is 23.9. The second kappa shape index (κ2) is 10.6. The molecular formula is C31H25F3N2O6S. The molecule has 0 bridgehead atoms. The molecule has 2 aromatic heterocycles. The van der Waals surface area contributed by atoms with Gasteiger partial charge in [-0.25, -0.2) is 22.2 Å². The van der Waals surface area contributed by atoms with Gasteiger partial charge < -0.3 is 23.7 Å². The van der Waals surface area contributed by atoms with E-state index in [0.717, 1.165) is 35.8 Å². The summed E-state index contributed by atoms with van der Waals surface area (Å²) in [6.07, 6.45) is 5.83. The summed E-state index contributed by atoms with van der Waals surface area (Å²) in [5, 5.41) is -0.0876. The van der Waals surface area contributed by atoms with E-state index < -0.39 is 43.3 Å². The van der Waals surface area contributed by atoms with Crippen molar-refractivity contribution in [2.75, 3.05) is 12.9 Å². The van der Waals surface area contributed by atoms with Crippen LogP contribution in [0.25, 0.3) is 22.4 Å².